The first-order valence-electron chi connectivity index (χ1n) is 14.8. The van der Waals surface area contributed by atoms with E-state index >= 15 is 0 Å². The number of hydrogen-bond donors (Lipinski definition) is 3. The third-order valence-corrected chi connectivity index (χ3v) is 8.39. The second kappa shape index (κ2) is 13.2. The van der Waals surface area contributed by atoms with Crippen LogP contribution in [0.1, 0.15) is 61.6 Å². The molecule has 0 bridgehead atoms. The lowest BCUT2D eigenvalue weighted by atomic mass is 9.97. The number of nitrogens with zero attached hydrogens (tertiary/aromatic N) is 1. The second-order valence-corrected chi connectivity index (χ2v) is 11.4. The zero-order valence-corrected chi connectivity index (χ0v) is 24.1. The molecule has 0 radical (unpaired) electrons. The summed E-state index contributed by atoms with van der Waals surface area (Å²) in [6, 6.07) is 25.7. The van der Waals surface area contributed by atoms with Crippen LogP contribution in [0.2, 0.25) is 0 Å². The number of hydrogen-bond acceptors (Lipinski definition) is 5. The number of amides is 2. The van der Waals surface area contributed by atoms with Crippen molar-refractivity contribution in [1.29, 1.82) is 0 Å². The van der Waals surface area contributed by atoms with Crippen LogP contribution in [0.3, 0.4) is 0 Å². The second-order valence-electron chi connectivity index (χ2n) is 11.4. The summed E-state index contributed by atoms with van der Waals surface area (Å²) in [4.78, 5) is 40.5. The molecule has 42 heavy (non-hydrogen) atoms. The van der Waals surface area contributed by atoms with Crippen molar-refractivity contribution in [2.45, 2.75) is 63.1 Å². The predicted molar refractivity (Wildman–Crippen MR) is 161 cm³/mol. The quantitative estimate of drug-likeness (QED) is 0.273. The molecule has 2 aliphatic rings. The highest BCUT2D eigenvalue weighted by Crippen LogP contribution is 2.44. The number of rotatable bonds is 12. The first-order chi connectivity index (χ1) is 20.4. The molecule has 1 fully saturated rings. The van der Waals surface area contributed by atoms with Crippen LogP contribution in [0.5, 0.6) is 0 Å². The van der Waals surface area contributed by atoms with Crippen LogP contribution in [0.15, 0.2) is 78.9 Å². The molecule has 5 rings (SSSR count). The maximum atomic E-state index is 13.2. The molecule has 0 aromatic heterocycles. The highest BCUT2D eigenvalue weighted by molar-refractivity contribution is 5.88. The number of nitrogens with one attached hydrogen (secondary N) is 2. The van der Waals surface area contributed by atoms with Crippen molar-refractivity contribution in [2.75, 3.05) is 19.7 Å². The van der Waals surface area contributed by atoms with Gasteiger partial charge in [-0.1, -0.05) is 98.6 Å². The molecule has 2 amide bonds. The van der Waals surface area contributed by atoms with Crippen molar-refractivity contribution < 1.29 is 24.2 Å². The fraction of sp³-hybridized carbons (Fsp3) is 0.382. The minimum atomic E-state index is -1.36. The smallest absolute Gasteiger partial charge is 0.407 e. The summed E-state index contributed by atoms with van der Waals surface area (Å²) in [7, 11) is 0. The van der Waals surface area contributed by atoms with Crippen LogP contribution >= 0.6 is 0 Å². The Bertz CT molecular complexity index is 1370. The minimum Gasteiger partial charge on any atom is -0.479 e. The Hall–Kier alpha value is -4.17. The summed E-state index contributed by atoms with van der Waals surface area (Å²) in [5.74, 6) is -1.49. The third kappa shape index (κ3) is 6.65. The molecule has 1 aliphatic heterocycles. The van der Waals surface area contributed by atoms with Crippen LogP contribution in [0.4, 0.5) is 4.79 Å². The number of carboxylic acids is 1. The fourth-order valence-corrected chi connectivity index (χ4v) is 6.22. The molecule has 2 atom stereocenters. The van der Waals surface area contributed by atoms with Crippen molar-refractivity contribution in [3.8, 4) is 11.1 Å². The first kappa shape index (κ1) is 29.3. The van der Waals surface area contributed by atoms with E-state index in [9.17, 15) is 19.5 Å². The van der Waals surface area contributed by atoms with Crippen LogP contribution in [0.25, 0.3) is 11.1 Å². The Morgan fingerprint density at radius 1 is 0.976 bits per heavy atom. The van der Waals surface area contributed by atoms with Gasteiger partial charge in [0.25, 0.3) is 0 Å². The SMILES string of the molecule is CCCC[C@@H](CC(=O)NC1(C(=O)O)CCN(Cc2ccccc2)C1)NC(=O)OCC1c2ccccc2-c2ccccc21. The van der Waals surface area contributed by atoms with Gasteiger partial charge in [0, 0.05) is 38.0 Å². The van der Waals surface area contributed by atoms with E-state index in [2.05, 4.69) is 34.9 Å². The van der Waals surface area contributed by atoms with Gasteiger partial charge in [-0.25, -0.2) is 9.59 Å². The molecule has 1 aliphatic carbocycles. The van der Waals surface area contributed by atoms with Crippen LogP contribution in [-0.4, -0.2) is 59.3 Å². The third-order valence-electron chi connectivity index (χ3n) is 8.39. The van der Waals surface area contributed by atoms with Crippen LogP contribution < -0.4 is 10.6 Å². The Morgan fingerprint density at radius 2 is 1.62 bits per heavy atom. The van der Waals surface area contributed by atoms with E-state index in [1.165, 1.54) is 0 Å². The molecule has 0 spiro atoms. The number of carbonyl (C=O) groups excluding carboxylic acids is 2. The van der Waals surface area contributed by atoms with Crippen molar-refractivity contribution >= 4 is 18.0 Å². The van der Waals surface area contributed by atoms with E-state index in [1.54, 1.807) is 0 Å². The van der Waals surface area contributed by atoms with Crippen LogP contribution in [0, 0.1) is 0 Å². The zero-order chi connectivity index (χ0) is 29.5. The lowest BCUT2D eigenvalue weighted by molar-refractivity contribution is -0.147. The Morgan fingerprint density at radius 3 is 2.26 bits per heavy atom. The number of aliphatic carboxylic acids is 1. The number of carbonyl (C=O) groups is 3. The molecule has 1 unspecified atom stereocenters. The molecule has 220 valence electrons. The van der Waals surface area contributed by atoms with E-state index in [4.69, 9.17) is 4.74 Å². The van der Waals surface area contributed by atoms with E-state index in [1.807, 2.05) is 66.4 Å². The average Bonchev–Trinajstić information content (AvgIpc) is 3.54. The predicted octanol–water partition coefficient (Wildman–Crippen LogP) is 5.32. The molecule has 3 aromatic carbocycles. The summed E-state index contributed by atoms with van der Waals surface area (Å²) < 4.78 is 5.71. The van der Waals surface area contributed by atoms with Gasteiger partial charge in [0.1, 0.15) is 6.61 Å². The number of alkyl carbamates (subject to hydrolysis) is 1. The molecule has 1 saturated heterocycles. The fourth-order valence-electron chi connectivity index (χ4n) is 6.22. The maximum absolute atomic E-state index is 13.2. The van der Waals surface area contributed by atoms with Gasteiger partial charge in [-0.2, -0.15) is 0 Å². The van der Waals surface area contributed by atoms with E-state index in [0.717, 1.165) is 40.7 Å². The van der Waals surface area contributed by atoms with E-state index in [-0.39, 0.29) is 31.4 Å². The topological polar surface area (TPSA) is 108 Å². The number of ether oxygens (including phenoxy) is 1. The summed E-state index contributed by atoms with van der Waals surface area (Å²) in [5.41, 5.74) is 4.31. The Kier molecular flexibility index (Phi) is 9.22. The maximum Gasteiger partial charge on any atom is 0.407 e. The molecule has 3 N–H and O–H groups in total. The van der Waals surface area contributed by atoms with Gasteiger partial charge < -0.3 is 20.5 Å². The average molecular weight is 570 g/mol. The van der Waals surface area contributed by atoms with Crippen molar-refractivity contribution in [1.82, 2.24) is 15.5 Å². The number of carboxylic acid groups (broad SMARTS) is 1. The lowest BCUT2D eigenvalue weighted by Crippen LogP contribution is -2.57. The number of unbranched alkanes of at least 4 members (excludes halogenated alkanes) is 1. The Balaban J connectivity index is 1.18. The molecular formula is C34H39N3O5. The minimum absolute atomic E-state index is 0.0160. The highest BCUT2D eigenvalue weighted by Gasteiger charge is 2.46. The Labute approximate surface area is 247 Å². The number of fused-ring (bicyclic) bond motifs is 3. The van der Waals surface area contributed by atoms with Gasteiger partial charge in [0.2, 0.25) is 5.91 Å². The summed E-state index contributed by atoms with van der Waals surface area (Å²) in [6.07, 6.45) is 2.04. The molecule has 3 aromatic rings. The molecule has 0 saturated carbocycles. The summed E-state index contributed by atoms with van der Waals surface area (Å²) >= 11 is 0. The van der Waals surface area contributed by atoms with Gasteiger partial charge in [0.05, 0.1) is 0 Å². The first-order valence-corrected chi connectivity index (χ1v) is 14.8. The van der Waals surface area contributed by atoms with Gasteiger partial charge in [-0.3, -0.25) is 9.69 Å². The summed E-state index contributed by atoms with van der Waals surface area (Å²) in [6.45, 7) is 3.64. The molecular weight excluding hydrogens is 530 g/mol. The number of benzene rings is 3. The monoisotopic (exact) mass is 569 g/mol. The highest BCUT2D eigenvalue weighted by atomic mass is 16.5. The van der Waals surface area contributed by atoms with Gasteiger partial charge in [-0.15, -0.1) is 0 Å². The normalized spacial score (nSPS) is 18.6. The van der Waals surface area contributed by atoms with Crippen LogP contribution in [-0.2, 0) is 20.9 Å². The van der Waals surface area contributed by atoms with Crippen molar-refractivity contribution in [2.24, 2.45) is 0 Å². The number of likely N-dealkylation sites (tertiary alicyclic amines) is 1. The van der Waals surface area contributed by atoms with E-state index in [0.29, 0.717) is 25.9 Å². The van der Waals surface area contributed by atoms with Gasteiger partial charge >= 0.3 is 12.1 Å². The largest absolute Gasteiger partial charge is 0.479 e. The van der Waals surface area contributed by atoms with Gasteiger partial charge in [-0.05, 0) is 40.7 Å². The molecule has 1 heterocycles. The standard InChI is InChI=1S/C34H39N3O5/c1-2-3-13-25(20-31(38)36-34(32(39)40)18-19-37(23-34)21-24-11-5-4-6-12-24)35-33(41)42-22-30-28-16-9-7-14-26(28)27-15-8-10-17-29(27)30/h4-12,14-17,25,30H,2-3,13,18-23H2,1H3,(H,35,41)(H,36,38)(H,39,40)/t25-,34?/m0/s1. The zero-order valence-electron chi connectivity index (χ0n) is 24.1. The van der Waals surface area contributed by atoms with Gasteiger partial charge in [0.15, 0.2) is 5.54 Å². The van der Waals surface area contributed by atoms with Crippen molar-refractivity contribution in [3.05, 3.63) is 95.6 Å². The van der Waals surface area contributed by atoms with Crippen molar-refractivity contribution in [3.63, 3.8) is 0 Å². The summed E-state index contributed by atoms with van der Waals surface area (Å²) in [5, 5.41) is 15.8. The van der Waals surface area contributed by atoms with E-state index < -0.39 is 23.6 Å². The molecule has 8 heteroatoms. The lowest BCUT2D eigenvalue weighted by Gasteiger charge is -2.27. The molecule has 8 nitrogen and oxygen atoms in total.